The van der Waals surface area contributed by atoms with Gasteiger partial charge in [-0.15, -0.1) is 0 Å². The standard InChI is InChI=1S/C24H33N5O2/c1-3-25-24(27-15-7-14-26-23(30)20-8-5-4-6-9-20)29-18-16-28(17-19-29)21-10-12-22(31-2)13-11-21/h4-6,8-13H,3,7,14-19H2,1-2H3,(H,25,27)(H,26,30). The average molecular weight is 424 g/mol. The van der Waals surface area contributed by atoms with E-state index in [1.54, 1.807) is 7.11 Å². The van der Waals surface area contributed by atoms with E-state index in [1.165, 1.54) is 5.69 Å². The number of hydrogen-bond acceptors (Lipinski definition) is 4. The summed E-state index contributed by atoms with van der Waals surface area (Å²) in [7, 11) is 1.69. The van der Waals surface area contributed by atoms with E-state index in [2.05, 4.69) is 39.5 Å². The SMILES string of the molecule is CCNC(=NCCCNC(=O)c1ccccc1)N1CCN(c2ccc(OC)cc2)CC1. The number of amides is 1. The van der Waals surface area contributed by atoms with Crippen LogP contribution in [0.25, 0.3) is 0 Å². The molecule has 0 spiro atoms. The van der Waals surface area contributed by atoms with Crippen molar-refractivity contribution in [3.05, 3.63) is 60.2 Å². The molecule has 0 atom stereocenters. The van der Waals surface area contributed by atoms with Crippen molar-refractivity contribution in [1.82, 2.24) is 15.5 Å². The quantitative estimate of drug-likeness (QED) is 0.388. The van der Waals surface area contributed by atoms with Crippen molar-refractivity contribution in [3.63, 3.8) is 0 Å². The molecular weight excluding hydrogens is 390 g/mol. The molecule has 1 saturated heterocycles. The van der Waals surface area contributed by atoms with Crippen molar-refractivity contribution in [1.29, 1.82) is 0 Å². The lowest BCUT2D eigenvalue weighted by atomic mass is 10.2. The molecule has 7 nitrogen and oxygen atoms in total. The van der Waals surface area contributed by atoms with Crippen molar-refractivity contribution in [2.75, 3.05) is 57.8 Å². The van der Waals surface area contributed by atoms with Crippen LogP contribution in [0.3, 0.4) is 0 Å². The third-order valence-electron chi connectivity index (χ3n) is 5.27. The van der Waals surface area contributed by atoms with Gasteiger partial charge in [-0.25, -0.2) is 0 Å². The van der Waals surface area contributed by atoms with Gasteiger partial charge >= 0.3 is 0 Å². The lowest BCUT2D eigenvalue weighted by molar-refractivity contribution is 0.0953. The number of benzene rings is 2. The van der Waals surface area contributed by atoms with Crippen LogP contribution in [0.1, 0.15) is 23.7 Å². The number of anilines is 1. The molecule has 1 heterocycles. The molecule has 2 N–H and O–H groups in total. The number of carbonyl (C=O) groups is 1. The Morgan fingerprint density at radius 2 is 1.71 bits per heavy atom. The zero-order chi connectivity index (χ0) is 21.9. The van der Waals surface area contributed by atoms with E-state index in [9.17, 15) is 4.79 Å². The Morgan fingerprint density at radius 3 is 2.35 bits per heavy atom. The Morgan fingerprint density at radius 1 is 1.00 bits per heavy atom. The first-order valence-electron chi connectivity index (χ1n) is 11.0. The number of guanidine groups is 1. The van der Waals surface area contributed by atoms with E-state index >= 15 is 0 Å². The number of piperazine rings is 1. The van der Waals surface area contributed by atoms with E-state index < -0.39 is 0 Å². The highest BCUT2D eigenvalue weighted by Gasteiger charge is 2.19. The summed E-state index contributed by atoms with van der Waals surface area (Å²) < 4.78 is 5.25. The van der Waals surface area contributed by atoms with Crippen molar-refractivity contribution in [2.45, 2.75) is 13.3 Å². The van der Waals surface area contributed by atoms with Crippen molar-refractivity contribution < 1.29 is 9.53 Å². The maximum atomic E-state index is 12.1. The number of nitrogens with one attached hydrogen (secondary N) is 2. The molecule has 0 aliphatic carbocycles. The fourth-order valence-electron chi connectivity index (χ4n) is 3.55. The molecule has 166 valence electrons. The smallest absolute Gasteiger partial charge is 0.251 e. The van der Waals surface area contributed by atoms with E-state index in [1.807, 2.05) is 42.5 Å². The normalized spacial score (nSPS) is 14.3. The lowest BCUT2D eigenvalue weighted by Crippen LogP contribution is -2.52. The van der Waals surface area contributed by atoms with Gasteiger partial charge < -0.3 is 25.2 Å². The second kappa shape index (κ2) is 11.8. The van der Waals surface area contributed by atoms with Crippen LogP contribution in [0.2, 0.25) is 0 Å². The highest BCUT2D eigenvalue weighted by molar-refractivity contribution is 5.94. The average Bonchev–Trinajstić information content (AvgIpc) is 2.84. The predicted octanol–water partition coefficient (Wildman–Crippen LogP) is 2.60. The van der Waals surface area contributed by atoms with Crippen LogP contribution in [0, 0.1) is 0 Å². The number of methoxy groups -OCH3 is 1. The summed E-state index contributed by atoms with van der Waals surface area (Å²) in [6.45, 7) is 7.95. The maximum Gasteiger partial charge on any atom is 0.251 e. The molecule has 2 aromatic rings. The van der Waals surface area contributed by atoms with Gasteiger partial charge in [0.25, 0.3) is 5.91 Å². The third-order valence-corrected chi connectivity index (χ3v) is 5.27. The maximum absolute atomic E-state index is 12.1. The van der Waals surface area contributed by atoms with Gasteiger partial charge in [0.15, 0.2) is 5.96 Å². The fraction of sp³-hybridized carbons (Fsp3) is 0.417. The van der Waals surface area contributed by atoms with E-state index in [0.29, 0.717) is 18.7 Å². The summed E-state index contributed by atoms with van der Waals surface area (Å²) >= 11 is 0. The van der Waals surface area contributed by atoms with E-state index in [-0.39, 0.29) is 5.91 Å². The summed E-state index contributed by atoms with van der Waals surface area (Å²) in [6.07, 6.45) is 0.805. The number of rotatable bonds is 8. The summed E-state index contributed by atoms with van der Waals surface area (Å²) in [5.74, 6) is 1.79. The minimum Gasteiger partial charge on any atom is -0.497 e. The molecule has 0 aromatic heterocycles. The molecule has 3 rings (SSSR count). The highest BCUT2D eigenvalue weighted by atomic mass is 16.5. The number of hydrogen-bond donors (Lipinski definition) is 2. The number of nitrogens with zero attached hydrogens (tertiary/aromatic N) is 3. The number of ether oxygens (including phenoxy) is 1. The Bertz CT molecular complexity index is 831. The van der Waals surface area contributed by atoms with Gasteiger partial charge in [0, 0.05) is 57.1 Å². The Balaban J connectivity index is 1.44. The van der Waals surface area contributed by atoms with Gasteiger partial charge in [0.2, 0.25) is 0 Å². The Labute approximate surface area is 185 Å². The van der Waals surface area contributed by atoms with Gasteiger partial charge in [-0.05, 0) is 49.7 Å². The minimum atomic E-state index is -0.0360. The largest absolute Gasteiger partial charge is 0.497 e. The van der Waals surface area contributed by atoms with Crippen LogP contribution >= 0.6 is 0 Å². The summed E-state index contributed by atoms with van der Waals surface area (Å²) in [4.78, 5) is 21.6. The summed E-state index contributed by atoms with van der Waals surface area (Å²) in [5, 5.41) is 6.36. The van der Waals surface area contributed by atoms with E-state index in [4.69, 9.17) is 9.73 Å². The second-order valence-corrected chi connectivity index (χ2v) is 7.38. The molecule has 0 unspecified atom stereocenters. The Kier molecular flexibility index (Phi) is 8.58. The monoisotopic (exact) mass is 423 g/mol. The molecule has 1 aliphatic rings. The summed E-state index contributed by atoms with van der Waals surface area (Å²) in [5.41, 5.74) is 1.91. The molecular formula is C24H33N5O2. The van der Waals surface area contributed by atoms with Gasteiger partial charge in [0.05, 0.1) is 7.11 Å². The molecule has 7 heteroatoms. The van der Waals surface area contributed by atoms with Crippen molar-refractivity contribution in [3.8, 4) is 5.75 Å². The first-order valence-corrected chi connectivity index (χ1v) is 11.0. The molecule has 2 aromatic carbocycles. The first kappa shape index (κ1) is 22.5. The van der Waals surface area contributed by atoms with Crippen molar-refractivity contribution >= 4 is 17.6 Å². The molecule has 31 heavy (non-hydrogen) atoms. The van der Waals surface area contributed by atoms with E-state index in [0.717, 1.165) is 50.9 Å². The summed E-state index contributed by atoms with van der Waals surface area (Å²) in [6, 6.07) is 17.5. The molecule has 0 radical (unpaired) electrons. The van der Waals surface area contributed by atoms with Crippen LogP contribution < -0.4 is 20.3 Å². The molecule has 0 bridgehead atoms. The minimum absolute atomic E-state index is 0.0360. The second-order valence-electron chi connectivity index (χ2n) is 7.38. The topological polar surface area (TPSA) is 69.2 Å². The molecule has 1 amide bonds. The lowest BCUT2D eigenvalue weighted by Gasteiger charge is -2.37. The van der Waals surface area contributed by atoms with Crippen molar-refractivity contribution in [2.24, 2.45) is 4.99 Å². The van der Waals surface area contributed by atoms with Gasteiger partial charge in [-0.3, -0.25) is 9.79 Å². The molecule has 0 saturated carbocycles. The zero-order valence-corrected chi connectivity index (χ0v) is 18.5. The highest BCUT2D eigenvalue weighted by Crippen LogP contribution is 2.20. The van der Waals surface area contributed by atoms with Crippen LogP contribution in [-0.2, 0) is 0 Å². The van der Waals surface area contributed by atoms with Crippen LogP contribution in [0.15, 0.2) is 59.6 Å². The predicted molar refractivity (Wildman–Crippen MR) is 126 cm³/mol. The fourth-order valence-corrected chi connectivity index (χ4v) is 3.55. The Hall–Kier alpha value is -3.22. The molecule has 1 aliphatic heterocycles. The van der Waals surface area contributed by atoms with Gasteiger partial charge in [-0.1, -0.05) is 18.2 Å². The van der Waals surface area contributed by atoms with Gasteiger partial charge in [-0.2, -0.15) is 0 Å². The third kappa shape index (κ3) is 6.64. The first-order chi connectivity index (χ1) is 15.2. The number of aliphatic imine (C=N–C) groups is 1. The van der Waals surface area contributed by atoms with Gasteiger partial charge in [0.1, 0.15) is 5.75 Å². The number of carbonyl (C=O) groups excluding carboxylic acids is 1. The van der Waals surface area contributed by atoms with Crippen LogP contribution in [-0.4, -0.2) is 69.7 Å². The molecule has 1 fully saturated rings. The van der Waals surface area contributed by atoms with Crippen LogP contribution in [0.4, 0.5) is 5.69 Å². The van der Waals surface area contributed by atoms with Crippen LogP contribution in [0.5, 0.6) is 5.75 Å². The zero-order valence-electron chi connectivity index (χ0n) is 18.5.